The van der Waals surface area contributed by atoms with Gasteiger partial charge in [-0.3, -0.25) is 9.59 Å². The minimum absolute atomic E-state index is 0.00747. The van der Waals surface area contributed by atoms with Crippen molar-refractivity contribution in [1.29, 1.82) is 0 Å². The molecule has 0 saturated heterocycles. The predicted molar refractivity (Wildman–Crippen MR) is 86.3 cm³/mol. The second-order valence-corrected chi connectivity index (χ2v) is 6.34. The van der Waals surface area contributed by atoms with Gasteiger partial charge >= 0.3 is 5.97 Å². The average Bonchev–Trinajstić information content (AvgIpc) is 2.47. The standard InChI is InChI=1S/C14H19NO4S2/c1-19-11-2-4-12(5-3-11)21-8-6-13(16)15-7-9-20-10-14(17)18/h2-5H,6-10H2,1H3,(H,15,16)(H,17,18). The zero-order valence-corrected chi connectivity index (χ0v) is 13.5. The Hall–Kier alpha value is -1.34. The van der Waals surface area contributed by atoms with Crippen molar-refractivity contribution >= 4 is 35.4 Å². The fourth-order valence-electron chi connectivity index (χ4n) is 1.44. The molecule has 0 aliphatic rings. The number of carboxylic acids is 1. The second-order valence-electron chi connectivity index (χ2n) is 4.07. The predicted octanol–water partition coefficient (Wildman–Crippen LogP) is 2.11. The normalized spacial score (nSPS) is 10.1. The van der Waals surface area contributed by atoms with Gasteiger partial charge in [0, 0.05) is 29.4 Å². The Morgan fingerprint density at radius 3 is 2.57 bits per heavy atom. The molecule has 116 valence electrons. The van der Waals surface area contributed by atoms with E-state index >= 15 is 0 Å². The van der Waals surface area contributed by atoms with Crippen molar-refractivity contribution in [1.82, 2.24) is 5.32 Å². The summed E-state index contributed by atoms with van der Waals surface area (Å²) in [4.78, 5) is 23.0. The summed E-state index contributed by atoms with van der Waals surface area (Å²) in [6.45, 7) is 0.504. The molecule has 0 radical (unpaired) electrons. The zero-order chi connectivity index (χ0) is 15.5. The molecule has 21 heavy (non-hydrogen) atoms. The highest BCUT2D eigenvalue weighted by atomic mass is 32.2. The summed E-state index contributed by atoms with van der Waals surface area (Å²) in [6, 6.07) is 7.71. The molecule has 0 aromatic heterocycles. The third kappa shape index (κ3) is 8.52. The third-order valence-electron chi connectivity index (χ3n) is 2.45. The molecule has 5 nitrogen and oxygen atoms in total. The molecule has 2 N–H and O–H groups in total. The number of carbonyl (C=O) groups excluding carboxylic acids is 1. The number of carbonyl (C=O) groups is 2. The maximum Gasteiger partial charge on any atom is 0.313 e. The van der Waals surface area contributed by atoms with Gasteiger partial charge in [0.05, 0.1) is 12.9 Å². The zero-order valence-electron chi connectivity index (χ0n) is 11.8. The van der Waals surface area contributed by atoms with Gasteiger partial charge in [-0.25, -0.2) is 0 Å². The minimum atomic E-state index is -0.831. The maximum atomic E-state index is 11.6. The number of hydrogen-bond donors (Lipinski definition) is 2. The van der Waals surface area contributed by atoms with Crippen LogP contribution < -0.4 is 10.1 Å². The Bertz CT molecular complexity index is 451. The van der Waals surface area contributed by atoms with Gasteiger partial charge in [-0.05, 0) is 24.3 Å². The van der Waals surface area contributed by atoms with Gasteiger partial charge in [-0.1, -0.05) is 0 Å². The molecule has 1 aromatic carbocycles. The summed E-state index contributed by atoms with van der Waals surface area (Å²) in [6.07, 6.45) is 0.445. The fourth-order valence-corrected chi connectivity index (χ4v) is 2.86. The Balaban J connectivity index is 2.08. The lowest BCUT2D eigenvalue weighted by Crippen LogP contribution is -2.26. The molecule has 0 bridgehead atoms. The van der Waals surface area contributed by atoms with Crippen LogP contribution in [0.15, 0.2) is 29.2 Å². The van der Waals surface area contributed by atoms with E-state index in [4.69, 9.17) is 9.84 Å². The Kier molecular flexibility index (Phi) is 8.77. The first-order valence-electron chi connectivity index (χ1n) is 6.45. The molecule has 7 heteroatoms. The van der Waals surface area contributed by atoms with E-state index in [1.807, 2.05) is 24.3 Å². The molecule has 0 spiro atoms. The number of rotatable bonds is 10. The van der Waals surface area contributed by atoms with Crippen LogP contribution in [0.3, 0.4) is 0 Å². The number of thioether (sulfide) groups is 2. The van der Waals surface area contributed by atoms with Crippen LogP contribution in [0.4, 0.5) is 0 Å². The lowest BCUT2D eigenvalue weighted by atomic mass is 10.3. The molecule has 0 fully saturated rings. The quantitative estimate of drug-likeness (QED) is 0.506. The van der Waals surface area contributed by atoms with E-state index in [0.717, 1.165) is 10.6 Å². The molecule has 0 aliphatic carbocycles. The first-order valence-corrected chi connectivity index (χ1v) is 8.59. The molecule has 1 aromatic rings. The number of carboxylic acid groups (broad SMARTS) is 1. The Morgan fingerprint density at radius 2 is 1.95 bits per heavy atom. The van der Waals surface area contributed by atoms with Crippen molar-refractivity contribution in [2.45, 2.75) is 11.3 Å². The summed E-state index contributed by atoms with van der Waals surface area (Å²) in [7, 11) is 1.63. The Morgan fingerprint density at radius 1 is 1.24 bits per heavy atom. The van der Waals surface area contributed by atoms with Crippen molar-refractivity contribution in [3.63, 3.8) is 0 Å². The van der Waals surface area contributed by atoms with Gasteiger partial charge < -0.3 is 15.2 Å². The van der Waals surface area contributed by atoms with E-state index in [0.29, 0.717) is 24.5 Å². The maximum absolute atomic E-state index is 11.6. The number of amides is 1. The molecule has 1 rings (SSSR count). The van der Waals surface area contributed by atoms with Crippen LogP contribution in [0.25, 0.3) is 0 Å². The summed E-state index contributed by atoms with van der Waals surface area (Å²) >= 11 is 2.91. The highest BCUT2D eigenvalue weighted by Gasteiger charge is 2.03. The number of benzene rings is 1. The van der Waals surface area contributed by atoms with Gasteiger partial charge in [0.1, 0.15) is 5.75 Å². The van der Waals surface area contributed by atoms with Crippen LogP contribution in [0.5, 0.6) is 5.75 Å². The van der Waals surface area contributed by atoms with Crippen molar-refractivity contribution in [3.05, 3.63) is 24.3 Å². The highest BCUT2D eigenvalue weighted by molar-refractivity contribution is 8.00. The van der Waals surface area contributed by atoms with E-state index in [2.05, 4.69) is 5.32 Å². The number of aliphatic carboxylic acids is 1. The molecule has 0 heterocycles. The molecule has 0 aliphatic heterocycles. The molecule has 1 amide bonds. The number of nitrogens with one attached hydrogen (secondary N) is 1. The monoisotopic (exact) mass is 329 g/mol. The summed E-state index contributed by atoms with van der Waals surface area (Å²) in [5.74, 6) is 1.37. The van der Waals surface area contributed by atoms with Crippen LogP contribution in [0.2, 0.25) is 0 Å². The number of ether oxygens (including phenoxy) is 1. The van der Waals surface area contributed by atoms with Gasteiger partial charge in [-0.2, -0.15) is 0 Å². The van der Waals surface area contributed by atoms with Crippen LogP contribution in [0, 0.1) is 0 Å². The highest BCUT2D eigenvalue weighted by Crippen LogP contribution is 2.21. The van der Waals surface area contributed by atoms with Gasteiger partial charge in [0.15, 0.2) is 0 Å². The molecule has 0 saturated carbocycles. The van der Waals surface area contributed by atoms with Crippen LogP contribution in [-0.4, -0.2) is 47.9 Å². The van der Waals surface area contributed by atoms with E-state index in [-0.39, 0.29) is 11.7 Å². The smallest absolute Gasteiger partial charge is 0.313 e. The van der Waals surface area contributed by atoms with E-state index in [9.17, 15) is 9.59 Å². The number of hydrogen-bond acceptors (Lipinski definition) is 5. The van der Waals surface area contributed by atoms with Gasteiger partial charge in [-0.15, -0.1) is 23.5 Å². The molecule has 0 unspecified atom stereocenters. The van der Waals surface area contributed by atoms with Crippen LogP contribution in [-0.2, 0) is 9.59 Å². The minimum Gasteiger partial charge on any atom is -0.497 e. The SMILES string of the molecule is COc1ccc(SCCC(=O)NCCSCC(=O)O)cc1. The van der Waals surface area contributed by atoms with Crippen molar-refractivity contribution in [2.24, 2.45) is 0 Å². The summed E-state index contributed by atoms with van der Waals surface area (Å²) < 4.78 is 5.08. The van der Waals surface area contributed by atoms with Crippen molar-refractivity contribution in [3.8, 4) is 5.75 Å². The first kappa shape index (κ1) is 17.7. The van der Waals surface area contributed by atoms with E-state index < -0.39 is 5.97 Å². The van der Waals surface area contributed by atoms with Crippen LogP contribution in [0.1, 0.15) is 6.42 Å². The number of methoxy groups -OCH3 is 1. The molecule has 0 atom stereocenters. The molecular weight excluding hydrogens is 310 g/mol. The summed E-state index contributed by atoms with van der Waals surface area (Å²) in [5.41, 5.74) is 0. The van der Waals surface area contributed by atoms with Gasteiger partial charge in [0.2, 0.25) is 5.91 Å². The lowest BCUT2D eigenvalue weighted by molar-refractivity contribution is -0.133. The van der Waals surface area contributed by atoms with Gasteiger partial charge in [0.25, 0.3) is 0 Å². The average molecular weight is 329 g/mol. The lowest BCUT2D eigenvalue weighted by Gasteiger charge is -2.05. The van der Waals surface area contributed by atoms with Crippen LogP contribution >= 0.6 is 23.5 Å². The first-order chi connectivity index (χ1) is 10.1. The topological polar surface area (TPSA) is 75.6 Å². The molecular formula is C14H19NO4S2. The second kappa shape index (κ2) is 10.4. The summed E-state index contributed by atoms with van der Waals surface area (Å²) in [5, 5.41) is 11.2. The van der Waals surface area contributed by atoms with E-state index in [1.54, 1.807) is 18.9 Å². The largest absolute Gasteiger partial charge is 0.497 e. The van der Waals surface area contributed by atoms with Crippen molar-refractivity contribution in [2.75, 3.05) is 30.9 Å². The fraction of sp³-hybridized carbons (Fsp3) is 0.429. The van der Waals surface area contributed by atoms with Crippen molar-refractivity contribution < 1.29 is 19.4 Å². The Labute approximate surface area is 132 Å². The van der Waals surface area contributed by atoms with E-state index in [1.165, 1.54) is 11.8 Å². The third-order valence-corrected chi connectivity index (χ3v) is 4.41.